The summed E-state index contributed by atoms with van der Waals surface area (Å²) in [5.74, 6) is -3.01. The minimum Gasteiger partial charge on any atom is -0.542 e. The third kappa shape index (κ3) is 6.03. The number of carbonyl (C=O) groups is 1. The van der Waals surface area contributed by atoms with Crippen LogP contribution in [0.2, 0.25) is 0 Å². The number of alkyl halides is 3. The van der Waals surface area contributed by atoms with Crippen molar-refractivity contribution in [1.29, 1.82) is 0 Å². The minimum atomic E-state index is -5.19. The van der Waals surface area contributed by atoms with Gasteiger partial charge in [-0.1, -0.05) is 22.9 Å². The number of aromatic nitrogens is 2. The van der Waals surface area contributed by atoms with E-state index in [1.54, 1.807) is 31.2 Å². The summed E-state index contributed by atoms with van der Waals surface area (Å²) >= 11 is 0. The van der Waals surface area contributed by atoms with E-state index in [9.17, 15) is 22.6 Å². The molecule has 0 spiro atoms. The number of benzene rings is 1. The fraction of sp³-hybridized carbons (Fsp3) is 0.357. The second kappa shape index (κ2) is 9.04. The molecule has 2 N–H and O–H groups in total. The van der Waals surface area contributed by atoms with Gasteiger partial charge < -0.3 is 24.4 Å². The molecule has 0 saturated heterocycles. The maximum atomic E-state index is 12.2. The van der Waals surface area contributed by atoms with Gasteiger partial charge in [-0.3, -0.25) is 4.57 Å². The fourth-order valence-electron chi connectivity index (χ4n) is 1.84. The number of halogens is 3. The number of hydrogen-bond donors (Lipinski definition) is 2. The van der Waals surface area contributed by atoms with E-state index < -0.39 is 19.7 Å². The van der Waals surface area contributed by atoms with Gasteiger partial charge in [-0.2, -0.15) is 13.2 Å². The Balaban J connectivity index is 0.000000412. The molecule has 1 heterocycles. The molecule has 2 rings (SSSR count). The number of rotatable bonds is 5. The van der Waals surface area contributed by atoms with Gasteiger partial charge in [-0.25, -0.2) is 0 Å². The first-order valence-corrected chi connectivity index (χ1v) is 8.77. The van der Waals surface area contributed by atoms with Crippen LogP contribution < -0.4 is 15.1 Å². The number of aliphatic hydroxyl groups is 1. The molecule has 0 aliphatic rings. The molecule has 144 valence electrons. The minimum absolute atomic E-state index is 0.0974. The summed E-state index contributed by atoms with van der Waals surface area (Å²) in [5, 5.41) is 22.8. The molecule has 0 amide bonds. The quantitative estimate of drug-likeness (QED) is 0.524. The Kier molecular flexibility index (Phi) is 7.64. The first kappa shape index (κ1) is 22.0. The highest BCUT2D eigenvalue weighted by Gasteiger charge is 2.29. The molecule has 2 aromatic rings. The van der Waals surface area contributed by atoms with Gasteiger partial charge in [0.25, 0.3) is 0 Å². The maximum Gasteiger partial charge on any atom is 0.430 e. The normalized spacial score (nSPS) is 13.6. The summed E-state index contributed by atoms with van der Waals surface area (Å²) in [5.41, 5.74) is 0.586. The van der Waals surface area contributed by atoms with Crippen molar-refractivity contribution in [1.82, 2.24) is 5.10 Å². The number of carboxylic acid groups (broad SMARTS) is 1. The Bertz CT molecular complexity index is 815. The molecular weight excluding hydrogens is 380 g/mol. The number of fused-ring (bicyclic) bond motifs is 1. The molecule has 0 aliphatic carbocycles. The van der Waals surface area contributed by atoms with Crippen molar-refractivity contribution in [3.63, 3.8) is 0 Å². The van der Waals surface area contributed by atoms with Crippen molar-refractivity contribution in [2.75, 3.05) is 13.2 Å². The predicted octanol–water partition coefficient (Wildman–Crippen LogP) is -0.340. The van der Waals surface area contributed by atoms with E-state index in [0.717, 1.165) is 0 Å². The van der Waals surface area contributed by atoms with Crippen LogP contribution in [-0.4, -0.2) is 40.5 Å². The molecule has 0 radical (unpaired) electrons. The monoisotopic (exact) mass is 396 g/mol. The summed E-state index contributed by atoms with van der Waals surface area (Å²) in [4.78, 5) is 18.8. The van der Waals surface area contributed by atoms with Gasteiger partial charge in [0.2, 0.25) is 6.20 Å². The van der Waals surface area contributed by atoms with Crippen molar-refractivity contribution in [3.05, 3.63) is 30.5 Å². The van der Waals surface area contributed by atoms with Crippen LogP contribution in [0, 0.1) is 0 Å². The summed E-state index contributed by atoms with van der Waals surface area (Å²) in [7, 11) is -3.88. The summed E-state index contributed by atoms with van der Waals surface area (Å²) < 4.78 is 50.2. The van der Waals surface area contributed by atoms with E-state index in [2.05, 4.69) is 5.10 Å². The largest absolute Gasteiger partial charge is 0.542 e. The van der Waals surface area contributed by atoms with Crippen molar-refractivity contribution in [3.8, 4) is 0 Å². The van der Waals surface area contributed by atoms with Crippen LogP contribution >= 0.6 is 7.60 Å². The number of aliphatic hydroxyl groups excluding tert-OH is 1. The smallest absolute Gasteiger partial charge is 0.430 e. The molecule has 0 aliphatic heterocycles. The van der Waals surface area contributed by atoms with Gasteiger partial charge >= 0.3 is 13.8 Å². The van der Waals surface area contributed by atoms with Gasteiger partial charge in [0, 0.05) is 10.5 Å². The van der Waals surface area contributed by atoms with Gasteiger partial charge in [-0.15, -0.1) is 0 Å². The zero-order valence-electron chi connectivity index (χ0n) is 13.5. The Morgan fingerprint density at radius 2 is 1.96 bits per heavy atom. The van der Waals surface area contributed by atoms with Crippen molar-refractivity contribution in [2.24, 2.45) is 0 Å². The Morgan fingerprint density at radius 1 is 1.38 bits per heavy atom. The molecular formula is C14H16F3N2O6P. The van der Waals surface area contributed by atoms with Gasteiger partial charge in [0.15, 0.2) is 6.54 Å². The highest BCUT2D eigenvalue weighted by atomic mass is 31.2. The van der Waals surface area contributed by atoms with Crippen LogP contribution in [0.3, 0.4) is 0 Å². The van der Waals surface area contributed by atoms with Crippen molar-refractivity contribution >= 4 is 29.8 Å². The molecule has 0 saturated carbocycles. The number of carbonyl (C=O) groups excluding carboxylic acids is 1. The van der Waals surface area contributed by atoms with Crippen LogP contribution in [0.1, 0.15) is 6.92 Å². The molecule has 26 heavy (non-hydrogen) atoms. The maximum absolute atomic E-state index is 12.2. The van der Waals surface area contributed by atoms with Gasteiger partial charge in [-0.05, 0) is 13.0 Å². The van der Waals surface area contributed by atoms with E-state index in [-0.39, 0.29) is 25.1 Å². The number of nitrogens with zero attached hydrogens (tertiary/aromatic N) is 2. The molecule has 0 fully saturated rings. The number of hydrogen-bond acceptors (Lipinski definition) is 6. The second-order valence-electron chi connectivity index (χ2n) is 4.74. The van der Waals surface area contributed by atoms with Gasteiger partial charge in [0.1, 0.15) is 23.4 Å². The van der Waals surface area contributed by atoms with Crippen molar-refractivity contribution in [2.45, 2.75) is 19.6 Å². The van der Waals surface area contributed by atoms with E-state index in [4.69, 9.17) is 19.5 Å². The Hall–Kier alpha value is -2.07. The van der Waals surface area contributed by atoms with E-state index in [1.165, 1.54) is 10.9 Å². The first-order valence-electron chi connectivity index (χ1n) is 7.19. The molecule has 8 nitrogen and oxygen atoms in total. The third-order valence-electron chi connectivity index (χ3n) is 2.86. The third-order valence-corrected chi connectivity index (χ3v) is 4.43. The van der Waals surface area contributed by atoms with E-state index in [1.807, 2.05) is 0 Å². The summed E-state index contributed by atoms with van der Waals surface area (Å²) in [6.45, 7) is 1.96. The van der Waals surface area contributed by atoms with E-state index >= 15 is 0 Å². The van der Waals surface area contributed by atoms with Crippen LogP contribution in [-0.2, 0) is 20.4 Å². The average Bonchev–Trinajstić information content (AvgIpc) is 2.54. The summed E-state index contributed by atoms with van der Waals surface area (Å²) in [6.07, 6.45) is -3.74. The van der Waals surface area contributed by atoms with Crippen LogP contribution in [0.5, 0.6) is 0 Å². The fourth-order valence-corrected chi connectivity index (χ4v) is 3.10. The zero-order valence-corrected chi connectivity index (χ0v) is 14.4. The summed E-state index contributed by atoms with van der Waals surface area (Å²) in [6, 6.07) is 7.04. The molecule has 1 aromatic carbocycles. The SMILES string of the molecule is CCOP(=O)(O)c1c[n+](CCO)nc2ccccc12.O=C([O-])C(F)(F)F. The predicted molar refractivity (Wildman–Crippen MR) is 81.2 cm³/mol. The van der Waals surface area contributed by atoms with E-state index in [0.29, 0.717) is 10.9 Å². The standard InChI is InChI=1S/C12H15N2O4P.C2HF3O2/c1-2-18-19(16,17)12-9-14(7-8-15)13-11-6-4-3-5-10(11)12;3-2(4,5)1(6)7/h3-6,9,15H,2,7-8H2,1H3;(H,6,7). The lowest BCUT2D eigenvalue weighted by Crippen LogP contribution is -2.42. The zero-order chi connectivity index (χ0) is 20.0. The molecule has 1 unspecified atom stereocenters. The molecule has 0 bridgehead atoms. The first-order chi connectivity index (χ1) is 12.0. The highest BCUT2D eigenvalue weighted by Crippen LogP contribution is 2.41. The lowest BCUT2D eigenvalue weighted by atomic mass is 10.2. The second-order valence-corrected chi connectivity index (χ2v) is 6.52. The molecule has 1 atom stereocenters. The number of aliphatic carboxylic acids is 1. The highest BCUT2D eigenvalue weighted by molar-refractivity contribution is 7.61. The topological polar surface area (TPSA) is 124 Å². The van der Waals surface area contributed by atoms with Crippen molar-refractivity contribution < 1.29 is 46.8 Å². The van der Waals surface area contributed by atoms with Crippen LogP contribution in [0.4, 0.5) is 13.2 Å². The molecule has 1 aromatic heterocycles. The Morgan fingerprint density at radius 3 is 2.46 bits per heavy atom. The van der Waals surface area contributed by atoms with Gasteiger partial charge in [0.05, 0.1) is 6.61 Å². The lowest BCUT2D eigenvalue weighted by Gasteiger charge is -2.11. The van der Waals surface area contributed by atoms with Crippen LogP contribution in [0.15, 0.2) is 30.5 Å². The lowest BCUT2D eigenvalue weighted by molar-refractivity contribution is -0.751. The average molecular weight is 396 g/mol. The van der Waals surface area contributed by atoms with Crippen LogP contribution in [0.25, 0.3) is 10.9 Å². The molecule has 12 heteroatoms. The number of carboxylic acids is 1. The Labute approximate surface area is 146 Å².